The van der Waals surface area contributed by atoms with E-state index in [0.717, 1.165) is 0 Å². The summed E-state index contributed by atoms with van der Waals surface area (Å²) in [6.45, 7) is 0.106. The van der Waals surface area contributed by atoms with Gasteiger partial charge in [-0.3, -0.25) is 0 Å². The fourth-order valence-electron chi connectivity index (χ4n) is 1.28. The Morgan fingerprint density at radius 2 is 1.39 bits per heavy atom. The maximum Gasteiger partial charge on any atom is 0.235 e. The first-order valence-corrected chi connectivity index (χ1v) is 5.01. The molecule has 18 heavy (non-hydrogen) atoms. The van der Waals surface area contributed by atoms with E-state index in [1.54, 1.807) is 0 Å². The zero-order valence-corrected chi connectivity index (χ0v) is 9.40. The van der Waals surface area contributed by atoms with Crippen LogP contribution >= 0.6 is 0 Å². The fourth-order valence-corrected chi connectivity index (χ4v) is 1.28. The maximum atomic E-state index is 10.3. The molecule has 8 nitrogen and oxygen atoms in total. The summed E-state index contributed by atoms with van der Waals surface area (Å²) < 4.78 is 0. The van der Waals surface area contributed by atoms with Crippen molar-refractivity contribution in [2.24, 2.45) is 20.0 Å². The SMILES string of the molecule is O=C=NCCCC(N=C=O)C(CN=C=O)N=C=O. The molecular weight excluding hydrogens is 240 g/mol. The minimum atomic E-state index is -0.773. The number of aliphatic imine (C=N–C) groups is 4. The van der Waals surface area contributed by atoms with E-state index in [2.05, 4.69) is 20.0 Å². The molecule has 0 saturated heterocycles. The van der Waals surface area contributed by atoms with Gasteiger partial charge in [0.2, 0.25) is 24.3 Å². The monoisotopic (exact) mass is 250 g/mol. The highest BCUT2D eigenvalue weighted by molar-refractivity contribution is 5.37. The molecule has 0 saturated carbocycles. The first-order chi connectivity index (χ1) is 8.79. The van der Waals surface area contributed by atoms with Gasteiger partial charge in [0.1, 0.15) is 6.04 Å². The zero-order valence-electron chi connectivity index (χ0n) is 9.40. The van der Waals surface area contributed by atoms with Crippen LogP contribution in [-0.4, -0.2) is 49.5 Å². The molecule has 8 heteroatoms. The number of hydrogen-bond acceptors (Lipinski definition) is 8. The fraction of sp³-hybridized carbons (Fsp3) is 0.600. The topological polar surface area (TPSA) is 118 Å². The average molecular weight is 250 g/mol. The lowest BCUT2D eigenvalue weighted by Gasteiger charge is -2.14. The van der Waals surface area contributed by atoms with Gasteiger partial charge in [0, 0.05) is 0 Å². The predicted octanol–water partition coefficient (Wildman–Crippen LogP) is -0.153. The zero-order chi connectivity index (χ0) is 13.6. The van der Waals surface area contributed by atoms with Crippen LogP contribution in [0.15, 0.2) is 20.0 Å². The summed E-state index contributed by atoms with van der Waals surface area (Å²) in [7, 11) is 0. The smallest absolute Gasteiger partial charge is 0.211 e. The van der Waals surface area contributed by atoms with Crippen molar-refractivity contribution in [3.63, 3.8) is 0 Å². The van der Waals surface area contributed by atoms with E-state index in [1.165, 1.54) is 24.3 Å². The number of rotatable bonds is 9. The molecule has 0 amide bonds. The van der Waals surface area contributed by atoms with Gasteiger partial charge < -0.3 is 0 Å². The quantitative estimate of drug-likeness (QED) is 0.321. The molecule has 0 rings (SSSR count). The molecule has 2 atom stereocenters. The predicted molar refractivity (Wildman–Crippen MR) is 59.0 cm³/mol. The van der Waals surface area contributed by atoms with Crippen molar-refractivity contribution in [3.05, 3.63) is 0 Å². The van der Waals surface area contributed by atoms with Crippen molar-refractivity contribution >= 4 is 24.3 Å². The van der Waals surface area contributed by atoms with Crippen molar-refractivity contribution in [1.29, 1.82) is 0 Å². The van der Waals surface area contributed by atoms with E-state index in [4.69, 9.17) is 0 Å². The highest BCUT2D eigenvalue weighted by atomic mass is 16.1. The van der Waals surface area contributed by atoms with Crippen LogP contribution in [0.5, 0.6) is 0 Å². The van der Waals surface area contributed by atoms with E-state index in [0.29, 0.717) is 12.8 Å². The van der Waals surface area contributed by atoms with Gasteiger partial charge in [-0.25, -0.2) is 34.2 Å². The third-order valence-corrected chi connectivity index (χ3v) is 2.06. The Labute approximate surface area is 102 Å². The summed E-state index contributed by atoms with van der Waals surface area (Å²) in [6.07, 6.45) is 6.15. The van der Waals surface area contributed by atoms with Crippen LogP contribution in [0.4, 0.5) is 0 Å². The molecule has 94 valence electrons. The number of hydrogen-bond donors (Lipinski definition) is 0. The van der Waals surface area contributed by atoms with E-state index >= 15 is 0 Å². The third-order valence-electron chi connectivity index (χ3n) is 2.06. The summed E-state index contributed by atoms with van der Waals surface area (Å²) >= 11 is 0. The molecule has 0 aliphatic rings. The highest BCUT2D eigenvalue weighted by Gasteiger charge is 2.20. The van der Waals surface area contributed by atoms with Crippen LogP contribution in [0.3, 0.4) is 0 Å². The molecule has 0 bridgehead atoms. The molecule has 0 fully saturated rings. The van der Waals surface area contributed by atoms with Gasteiger partial charge in [0.15, 0.2) is 0 Å². The largest absolute Gasteiger partial charge is 0.235 e. The third kappa shape index (κ3) is 6.90. The molecule has 0 heterocycles. The molecular formula is C10H10N4O4. The van der Waals surface area contributed by atoms with Gasteiger partial charge in [0.25, 0.3) is 0 Å². The van der Waals surface area contributed by atoms with Gasteiger partial charge in [0.05, 0.1) is 19.1 Å². The lowest BCUT2D eigenvalue weighted by atomic mass is 10.0. The van der Waals surface area contributed by atoms with E-state index in [9.17, 15) is 19.2 Å². The summed E-state index contributed by atoms with van der Waals surface area (Å²) in [4.78, 5) is 53.8. The number of nitrogens with zero attached hydrogens (tertiary/aromatic N) is 4. The summed E-state index contributed by atoms with van der Waals surface area (Å²) in [5.74, 6) is 0. The first-order valence-electron chi connectivity index (χ1n) is 5.01. The van der Waals surface area contributed by atoms with Crippen molar-refractivity contribution < 1.29 is 19.2 Å². The molecule has 0 aliphatic carbocycles. The first kappa shape index (κ1) is 15.5. The highest BCUT2D eigenvalue weighted by Crippen LogP contribution is 2.11. The number of isocyanates is 4. The summed E-state index contributed by atoms with van der Waals surface area (Å²) in [6, 6.07) is -1.44. The average Bonchev–Trinajstić information content (AvgIpc) is 2.38. The summed E-state index contributed by atoms with van der Waals surface area (Å²) in [5.41, 5.74) is 0. The second-order valence-electron chi connectivity index (χ2n) is 3.12. The molecule has 0 aromatic heterocycles. The maximum absolute atomic E-state index is 10.3. The van der Waals surface area contributed by atoms with Crippen molar-refractivity contribution in [3.8, 4) is 0 Å². The molecule has 2 unspecified atom stereocenters. The normalized spacial score (nSPS) is 11.8. The van der Waals surface area contributed by atoms with E-state index < -0.39 is 12.1 Å². The molecule has 0 aromatic rings. The van der Waals surface area contributed by atoms with Crippen LogP contribution in [0.25, 0.3) is 0 Å². The minimum Gasteiger partial charge on any atom is -0.211 e. The Hall–Kier alpha value is -2.48. The van der Waals surface area contributed by atoms with Crippen molar-refractivity contribution in [1.82, 2.24) is 0 Å². The Bertz CT molecular complexity index is 439. The summed E-state index contributed by atoms with van der Waals surface area (Å²) in [5, 5.41) is 0. The Morgan fingerprint density at radius 3 is 1.94 bits per heavy atom. The lowest BCUT2D eigenvalue weighted by Crippen LogP contribution is -2.26. The minimum absolute atomic E-state index is 0.120. The van der Waals surface area contributed by atoms with Gasteiger partial charge in [-0.1, -0.05) is 0 Å². The van der Waals surface area contributed by atoms with E-state index in [-0.39, 0.29) is 13.1 Å². The molecule has 0 aromatic carbocycles. The van der Waals surface area contributed by atoms with Crippen molar-refractivity contribution in [2.45, 2.75) is 24.9 Å². The van der Waals surface area contributed by atoms with E-state index in [1.807, 2.05) is 0 Å². The van der Waals surface area contributed by atoms with Gasteiger partial charge in [-0.15, -0.1) is 0 Å². The number of carbonyl (C=O) groups excluding carboxylic acids is 4. The van der Waals surface area contributed by atoms with Crippen molar-refractivity contribution in [2.75, 3.05) is 13.1 Å². The Kier molecular flexibility index (Phi) is 9.50. The van der Waals surface area contributed by atoms with Crippen LogP contribution in [0.1, 0.15) is 12.8 Å². The Morgan fingerprint density at radius 1 is 0.778 bits per heavy atom. The van der Waals surface area contributed by atoms with Gasteiger partial charge in [-0.05, 0) is 12.8 Å². The molecule has 0 N–H and O–H groups in total. The molecule has 0 aliphatic heterocycles. The van der Waals surface area contributed by atoms with Gasteiger partial charge >= 0.3 is 0 Å². The van der Waals surface area contributed by atoms with Crippen LogP contribution < -0.4 is 0 Å². The Balaban J connectivity index is 4.67. The standard InChI is InChI=1S/C10H10N4O4/c15-5-11-3-1-2-9(13-7-17)10(14-8-18)4-12-6-16/h9-10H,1-4H2. The van der Waals surface area contributed by atoms with Crippen LogP contribution in [0.2, 0.25) is 0 Å². The van der Waals surface area contributed by atoms with Gasteiger partial charge in [-0.2, -0.15) is 4.99 Å². The lowest BCUT2D eigenvalue weighted by molar-refractivity contribution is 0.477. The second-order valence-corrected chi connectivity index (χ2v) is 3.12. The van der Waals surface area contributed by atoms with Crippen LogP contribution in [0, 0.1) is 0 Å². The van der Waals surface area contributed by atoms with Crippen LogP contribution in [-0.2, 0) is 19.2 Å². The molecule has 0 spiro atoms. The second kappa shape index (κ2) is 11.0. The molecule has 0 radical (unpaired) electrons.